The molecule has 2 aliphatic carbocycles. The maximum absolute atomic E-state index is 12.4. The normalized spacial score (nSPS) is 20.8. The number of aryl methyl sites for hydroxylation is 1. The SMILES string of the molecule is Cl.O=C1c2ccccc2CCC1OCCCNCCC1CCCCC1. The van der Waals surface area contributed by atoms with Crippen LogP contribution in [0.5, 0.6) is 0 Å². The second-order valence-electron chi connectivity index (χ2n) is 7.32. The molecule has 1 N–H and O–H groups in total. The van der Waals surface area contributed by atoms with E-state index in [-0.39, 0.29) is 24.3 Å². The van der Waals surface area contributed by atoms with E-state index in [1.54, 1.807) is 0 Å². The van der Waals surface area contributed by atoms with E-state index >= 15 is 0 Å². The van der Waals surface area contributed by atoms with Crippen LogP contribution in [0.2, 0.25) is 0 Å². The standard InChI is InChI=1S/C21H31NO2.ClH/c23-21-19-10-5-4-9-18(19)11-12-20(21)24-16-6-14-22-15-13-17-7-2-1-3-8-17;/h4-5,9-10,17,20,22H,1-3,6-8,11-16H2;1H. The van der Waals surface area contributed by atoms with Gasteiger partial charge in [-0.15, -0.1) is 12.4 Å². The summed E-state index contributed by atoms with van der Waals surface area (Å²) in [6, 6.07) is 7.93. The van der Waals surface area contributed by atoms with Gasteiger partial charge in [-0.25, -0.2) is 0 Å². The summed E-state index contributed by atoms with van der Waals surface area (Å²) in [4.78, 5) is 12.4. The summed E-state index contributed by atoms with van der Waals surface area (Å²) in [5, 5.41) is 3.53. The predicted octanol–water partition coefficient (Wildman–Crippen LogP) is 4.57. The van der Waals surface area contributed by atoms with E-state index in [0.29, 0.717) is 6.61 Å². The third kappa shape index (κ3) is 6.09. The van der Waals surface area contributed by atoms with E-state index in [2.05, 4.69) is 11.4 Å². The van der Waals surface area contributed by atoms with E-state index in [1.165, 1.54) is 44.1 Å². The first-order chi connectivity index (χ1) is 11.8. The number of ether oxygens (including phenoxy) is 1. The number of carbonyl (C=O) groups is 1. The molecule has 1 fully saturated rings. The first-order valence-electron chi connectivity index (χ1n) is 9.79. The van der Waals surface area contributed by atoms with Crippen molar-refractivity contribution in [2.45, 2.75) is 63.9 Å². The van der Waals surface area contributed by atoms with Crippen LogP contribution in [-0.2, 0) is 11.2 Å². The van der Waals surface area contributed by atoms with E-state index in [0.717, 1.165) is 43.8 Å². The fraction of sp³-hybridized carbons (Fsp3) is 0.667. The number of rotatable bonds is 8. The van der Waals surface area contributed by atoms with Crippen molar-refractivity contribution in [2.75, 3.05) is 19.7 Å². The molecule has 1 aromatic carbocycles. The molecule has 1 aromatic rings. The molecule has 0 radical (unpaired) electrons. The molecular weight excluding hydrogens is 334 g/mol. The van der Waals surface area contributed by atoms with Crippen LogP contribution in [0.15, 0.2) is 24.3 Å². The average Bonchev–Trinajstić information content (AvgIpc) is 2.64. The Labute approximate surface area is 158 Å². The monoisotopic (exact) mass is 365 g/mol. The van der Waals surface area contributed by atoms with Gasteiger partial charge in [-0.2, -0.15) is 0 Å². The highest BCUT2D eigenvalue weighted by molar-refractivity contribution is 6.01. The zero-order valence-electron chi connectivity index (χ0n) is 15.2. The topological polar surface area (TPSA) is 38.3 Å². The Bertz CT molecular complexity index is 528. The van der Waals surface area contributed by atoms with Gasteiger partial charge in [-0.3, -0.25) is 4.79 Å². The Morgan fingerprint density at radius 2 is 1.84 bits per heavy atom. The van der Waals surface area contributed by atoms with Crippen LogP contribution in [0, 0.1) is 5.92 Å². The largest absolute Gasteiger partial charge is 0.370 e. The summed E-state index contributed by atoms with van der Waals surface area (Å²) >= 11 is 0. The zero-order chi connectivity index (χ0) is 16.6. The van der Waals surface area contributed by atoms with Crippen molar-refractivity contribution >= 4 is 18.2 Å². The van der Waals surface area contributed by atoms with Gasteiger partial charge in [0, 0.05) is 12.2 Å². The Balaban J connectivity index is 0.00000225. The Morgan fingerprint density at radius 1 is 1.04 bits per heavy atom. The highest BCUT2D eigenvalue weighted by atomic mass is 35.5. The van der Waals surface area contributed by atoms with Crippen LogP contribution in [0.3, 0.4) is 0 Å². The maximum Gasteiger partial charge on any atom is 0.191 e. The summed E-state index contributed by atoms with van der Waals surface area (Å²) in [5.41, 5.74) is 2.03. The molecule has 25 heavy (non-hydrogen) atoms. The molecule has 140 valence electrons. The van der Waals surface area contributed by atoms with Crippen LogP contribution in [0.4, 0.5) is 0 Å². The molecule has 0 aromatic heterocycles. The fourth-order valence-electron chi connectivity index (χ4n) is 4.06. The average molecular weight is 366 g/mol. The van der Waals surface area contributed by atoms with E-state index < -0.39 is 0 Å². The fourth-order valence-corrected chi connectivity index (χ4v) is 4.06. The summed E-state index contributed by atoms with van der Waals surface area (Å²) < 4.78 is 5.86. The second-order valence-corrected chi connectivity index (χ2v) is 7.32. The molecule has 0 amide bonds. The first-order valence-corrected chi connectivity index (χ1v) is 9.79. The summed E-state index contributed by atoms with van der Waals surface area (Å²) in [7, 11) is 0. The number of hydrogen-bond donors (Lipinski definition) is 1. The lowest BCUT2D eigenvalue weighted by Crippen LogP contribution is -2.31. The minimum absolute atomic E-state index is 0. The van der Waals surface area contributed by atoms with Crippen LogP contribution in [-0.4, -0.2) is 31.6 Å². The lowest BCUT2D eigenvalue weighted by atomic mass is 9.87. The number of fused-ring (bicyclic) bond motifs is 1. The molecule has 1 saturated carbocycles. The zero-order valence-corrected chi connectivity index (χ0v) is 16.0. The van der Waals surface area contributed by atoms with Crippen LogP contribution in [0.1, 0.15) is 67.3 Å². The van der Waals surface area contributed by atoms with Gasteiger partial charge in [-0.1, -0.05) is 56.4 Å². The molecule has 0 aliphatic heterocycles. The Kier molecular flexibility index (Phi) is 8.94. The van der Waals surface area contributed by atoms with Gasteiger partial charge in [0.25, 0.3) is 0 Å². The van der Waals surface area contributed by atoms with Crippen LogP contribution >= 0.6 is 12.4 Å². The number of halogens is 1. The smallest absolute Gasteiger partial charge is 0.191 e. The number of ketones is 1. The number of Topliss-reactive ketones (excluding diaryl/α,β-unsaturated/α-hetero) is 1. The quantitative estimate of drug-likeness (QED) is 0.685. The Hall–Kier alpha value is -0.900. The van der Waals surface area contributed by atoms with Crippen molar-refractivity contribution in [3.05, 3.63) is 35.4 Å². The highest BCUT2D eigenvalue weighted by Gasteiger charge is 2.27. The maximum atomic E-state index is 12.4. The van der Waals surface area contributed by atoms with Gasteiger partial charge in [0.05, 0.1) is 0 Å². The third-order valence-electron chi connectivity index (χ3n) is 5.52. The predicted molar refractivity (Wildman–Crippen MR) is 105 cm³/mol. The van der Waals surface area contributed by atoms with Gasteiger partial charge in [-0.05, 0) is 50.3 Å². The van der Waals surface area contributed by atoms with E-state index in [9.17, 15) is 4.79 Å². The van der Waals surface area contributed by atoms with Crippen molar-refractivity contribution in [1.82, 2.24) is 5.32 Å². The Morgan fingerprint density at radius 3 is 2.68 bits per heavy atom. The third-order valence-corrected chi connectivity index (χ3v) is 5.52. The molecule has 1 unspecified atom stereocenters. The van der Waals surface area contributed by atoms with Crippen molar-refractivity contribution in [1.29, 1.82) is 0 Å². The van der Waals surface area contributed by atoms with Crippen LogP contribution < -0.4 is 5.32 Å². The molecular formula is C21H32ClNO2. The van der Waals surface area contributed by atoms with E-state index in [4.69, 9.17) is 4.74 Å². The first kappa shape index (κ1) is 20.4. The van der Waals surface area contributed by atoms with Gasteiger partial charge in [0.15, 0.2) is 5.78 Å². The molecule has 3 nitrogen and oxygen atoms in total. The van der Waals surface area contributed by atoms with Gasteiger partial charge >= 0.3 is 0 Å². The molecule has 2 aliphatic rings. The molecule has 0 heterocycles. The van der Waals surface area contributed by atoms with Crippen molar-refractivity contribution in [2.24, 2.45) is 5.92 Å². The molecule has 0 bridgehead atoms. The summed E-state index contributed by atoms with van der Waals surface area (Å²) in [5.74, 6) is 1.12. The summed E-state index contributed by atoms with van der Waals surface area (Å²) in [6.45, 7) is 2.79. The molecule has 1 atom stereocenters. The number of hydrogen-bond acceptors (Lipinski definition) is 3. The number of benzene rings is 1. The minimum Gasteiger partial charge on any atom is -0.370 e. The molecule has 4 heteroatoms. The lowest BCUT2D eigenvalue weighted by molar-refractivity contribution is 0.0349. The second kappa shape index (κ2) is 10.9. The molecule has 3 rings (SSSR count). The van der Waals surface area contributed by atoms with Gasteiger partial charge < -0.3 is 10.1 Å². The minimum atomic E-state index is -0.234. The number of carbonyl (C=O) groups excluding carboxylic acids is 1. The van der Waals surface area contributed by atoms with Crippen molar-refractivity contribution in [3.63, 3.8) is 0 Å². The van der Waals surface area contributed by atoms with Gasteiger partial charge in [0.1, 0.15) is 6.10 Å². The molecule has 0 spiro atoms. The summed E-state index contributed by atoms with van der Waals surface area (Å²) in [6.07, 6.45) is 11.0. The van der Waals surface area contributed by atoms with Crippen molar-refractivity contribution < 1.29 is 9.53 Å². The van der Waals surface area contributed by atoms with E-state index in [1.807, 2.05) is 18.2 Å². The van der Waals surface area contributed by atoms with Crippen LogP contribution in [0.25, 0.3) is 0 Å². The van der Waals surface area contributed by atoms with Gasteiger partial charge in [0.2, 0.25) is 0 Å². The lowest BCUT2D eigenvalue weighted by Gasteiger charge is -2.23. The number of nitrogens with one attached hydrogen (secondary N) is 1. The highest BCUT2D eigenvalue weighted by Crippen LogP contribution is 2.25. The van der Waals surface area contributed by atoms with Crippen molar-refractivity contribution in [3.8, 4) is 0 Å². The molecule has 0 saturated heterocycles.